The molecular formula is C24H40O30S3. The van der Waals surface area contributed by atoms with E-state index in [-0.39, 0.29) is 0 Å². The van der Waals surface area contributed by atoms with Crippen LogP contribution in [0.25, 0.3) is 0 Å². The van der Waals surface area contributed by atoms with Gasteiger partial charge < -0.3 is 84.2 Å². The fourth-order valence-electron chi connectivity index (χ4n) is 5.90. The first-order valence-corrected chi connectivity index (χ1v) is 20.0. The number of aliphatic hydroxyl groups is 9. The molecule has 0 spiro atoms. The average Bonchev–Trinajstić information content (AvgIpc) is 3.09. The van der Waals surface area contributed by atoms with Crippen molar-refractivity contribution in [3.8, 4) is 0 Å². The summed E-state index contributed by atoms with van der Waals surface area (Å²) in [5, 5.41) is 105. The van der Waals surface area contributed by atoms with Crippen LogP contribution in [0.2, 0.25) is 0 Å². The van der Waals surface area contributed by atoms with Crippen molar-refractivity contribution in [2.75, 3.05) is 13.2 Å². The molecule has 0 aromatic heterocycles. The number of carbonyl (C=O) groups is 1. The van der Waals surface area contributed by atoms with Crippen LogP contribution in [0, 0.1) is 0 Å². The summed E-state index contributed by atoms with van der Waals surface area (Å²) in [5.74, 6) is -2.00. The molecule has 57 heavy (non-hydrogen) atoms. The van der Waals surface area contributed by atoms with Gasteiger partial charge in [-0.3, -0.25) is 13.7 Å². The standard InChI is InChI=1S/C24H40O30S3/c1-4-7(25)17(54-57(42,43)44)15(33)24(47-4)53-22-13(31)10(28)16(6(49-22)3-46-56(39,40)41)50-23-14(32)11(29)18(19(52-23)20(34)35)51-21-12(30)9(27)8(26)5(48-21)2-45-55(36,37)38/h4-19,21-33H,2-3H2,1H3,(H,34,35)(H,36,37,38)(H,39,40,41)(H,42,43,44)/t4-,5+,6+,7-,8+,9-,10+,11+,12+,13+,14+,15+,16+,17+,18-,19-,21-,22-,23+,24-/m0/s1. The molecule has 0 unspecified atom stereocenters. The quantitative estimate of drug-likeness (QED) is 0.0679. The van der Waals surface area contributed by atoms with Crippen molar-refractivity contribution in [2.45, 2.75) is 130 Å². The van der Waals surface area contributed by atoms with Gasteiger partial charge in [0.05, 0.1) is 19.3 Å². The molecule has 4 heterocycles. The molecule has 20 atom stereocenters. The lowest BCUT2D eigenvalue weighted by atomic mass is 9.95. The number of carboxylic acids is 1. The van der Waals surface area contributed by atoms with E-state index in [1.165, 1.54) is 0 Å². The second-order valence-corrected chi connectivity index (χ2v) is 16.0. The van der Waals surface area contributed by atoms with Crippen molar-refractivity contribution in [3.63, 3.8) is 0 Å². The summed E-state index contributed by atoms with van der Waals surface area (Å²) in [7, 11) is -15.8. The maximum atomic E-state index is 12.3. The Balaban J connectivity index is 1.54. The largest absolute Gasteiger partial charge is 0.479 e. The smallest absolute Gasteiger partial charge is 0.397 e. The number of aliphatic carboxylic acids is 1. The summed E-state index contributed by atoms with van der Waals surface area (Å²) < 4.78 is 144. The number of ether oxygens (including phenoxy) is 7. The van der Waals surface area contributed by atoms with Gasteiger partial charge in [0.25, 0.3) is 0 Å². The van der Waals surface area contributed by atoms with Crippen LogP contribution in [0.3, 0.4) is 0 Å². The Morgan fingerprint density at radius 1 is 0.491 bits per heavy atom. The van der Waals surface area contributed by atoms with Crippen LogP contribution in [0.5, 0.6) is 0 Å². The molecule has 30 nitrogen and oxygen atoms in total. The van der Waals surface area contributed by atoms with E-state index in [1.807, 2.05) is 0 Å². The van der Waals surface area contributed by atoms with E-state index in [9.17, 15) is 81.1 Å². The Labute approximate surface area is 320 Å². The fourth-order valence-corrected chi connectivity index (χ4v) is 7.02. The van der Waals surface area contributed by atoms with Gasteiger partial charge in [0, 0.05) is 0 Å². The highest BCUT2D eigenvalue weighted by Crippen LogP contribution is 2.35. The SMILES string of the molecule is C[C@@H]1O[C@@H](O[C@@H]2O[C@H](COS(=O)(=O)O)[C@@H](O[C@@H]3O[C@H](C(=O)O)[C@@H](O[C@@H]4O[C@H](COS(=O)(=O)O)[C@@H](O)[C@H](O)[C@H]4O)[C@H](O)[C@H]3O)[C@H](O)[C@H]2O)[C@H](O)[C@H](OS(=O)(=O)O)[C@H]1O. The summed E-state index contributed by atoms with van der Waals surface area (Å²) >= 11 is 0. The average molecular weight is 905 g/mol. The molecule has 0 aromatic carbocycles. The van der Waals surface area contributed by atoms with E-state index in [2.05, 4.69) is 12.5 Å². The molecule has 4 aliphatic rings. The summed E-state index contributed by atoms with van der Waals surface area (Å²) in [5.41, 5.74) is 0. The van der Waals surface area contributed by atoms with Gasteiger partial charge in [-0.05, 0) is 6.92 Å². The minimum atomic E-state index is -5.33. The van der Waals surface area contributed by atoms with Crippen LogP contribution in [-0.2, 0) is 81.7 Å². The lowest BCUT2D eigenvalue weighted by Gasteiger charge is -2.48. The highest BCUT2D eigenvalue weighted by atomic mass is 32.3. The monoisotopic (exact) mass is 904 g/mol. The molecule has 0 radical (unpaired) electrons. The van der Waals surface area contributed by atoms with Gasteiger partial charge in [-0.1, -0.05) is 0 Å². The predicted molar refractivity (Wildman–Crippen MR) is 164 cm³/mol. The third-order valence-electron chi connectivity index (χ3n) is 8.72. The first-order chi connectivity index (χ1) is 26.1. The zero-order chi connectivity index (χ0) is 43.1. The maximum absolute atomic E-state index is 12.3. The highest BCUT2D eigenvalue weighted by Gasteiger charge is 2.56. The van der Waals surface area contributed by atoms with E-state index in [4.69, 9.17) is 46.8 Å². The van der Waals surface area contributed by atoms with Crippen LogP contribution in [0.15, 0.2) is 0 Å². The Hall–Kier alpha value is -1.56. The van der Waals surface area contributed by atoms with Gasteiger partial charge in [0.15, 0.2) is 31.3 Å². The van der Waals surface area contributed by atoms with E-state index in [1.54, 1.807) is 0 Å². The van der Waals surface area contributed by atoms with Crippen molar-refractivity contribution < 1.29 is 140 Å². The van der Waals surface area contributed by atoms with Crippen molar-refractivity contribution in [1.29, 1.82) is 0 Å². The van der Waals surface area contributed by atoms with E-state index < -0.39 is 173 Å². The second-order valence-electron chi connectivity index (χ2n) is 12.7. The van der Waals surface area contributed by atoms with Crippen LogP contribution < -0.4 is 0 Å². The molecule has 4 aliphatic heterocycles. The summed E-state index contributed by atoms with van der Waals surface area (Å²) in [6.07, 6.45) is -44.1. The first-order valence-electron chi connectivity index (χ1n) is 15.9. The minimum Gasteiger partial charge on any atom is -0.479 e. The lowest BCUT2D eigenvalue weighted by molar-refractivity contribution is -0.392. The van der Waals surface area contributed by atoms with E-state index >= 15 is 0 Å². The summed E-state index contributed by atoms with van der Waals surface area (Å²) in [4.78, 5) is 12.3. The van der Waals surface area contributed by atoms with Crippen molar-refractivity contribution >= 4 is 37.2 Å². The van der Waals surface area contributed by atoms with Gasteiger partial charge in [-0.25, -0.2) is 17.3 Å². The molecule has 0 aliphatic carbocycles. The summed E-state index contributed by atoms with van der Waals surface area (Å²) in [6, 6.07) is 0. The topological polar surface area (TPSA) is 475 Å². The summed E-state index contributed by atoms with van der Waals surface area (Å²) in [6.45, 7) is -1.42. The molecule has 4 fully saturated rings. The van der Waals surface area contributed by atoms with Crippen LogP contribution in [0.4, 0.5) is 0 Å². The molecule has 33 heteroatoms. The molecule has 13 N–H and O–H groups in total. The van der Waals surface area contributed by atoms with Gasteiger partial charge in [-0.2, -0.15) is 25.3 Å². The molecule has 0 aromatic rings. The third-order valence-corrected chi connectivity index (χ3v) is 10.1. The van der Waals surface area contributed by atoms with Crippen molar-refractivity contribution in [1.82, 2.24) is 0 Å². The number of hydrogen-bond acceptors (Lipinski definition) is 26. The minimum absolute atomic E-state index is 1.12. The van der Waals surface area contributed by atoms with E-state index in [0.29, 0.717) is 0 Å². The van der Waals surface area contributed by atoms with Crippen LogP contribution >= 0.6 is 0 Å². The molecule has 4 rings (SSSR count). The van der Waals surface area contributed by atoms with Gasteiger partial charge in [0.1, 0.15) is 85.5 Å². The Bertz CT molecular complexity index is 1700. The number of carboxylic acid groups (broad SMARTS) is 1. The van der Waals surface area contributed by atoms with Gasteiger partial charge >= 0.3 is 37.2 Å². The normalized spacial score (nSPS) is 45.1. The Kier molecular flexibility index (Phi) is 15.7. The molecule has 0 bridgehead atoms. The number of rotatable bonds is 15. The van der Waals surface area contributed by atoms with Gasteiger partial charge in [0.2, 0.25) is 0 Å². The zero-order valence-electron chi connectivity index (χ0n) is 28.4. The molecule has 0 saturated carbocycles. The maximum Gasteiger partial charge on any atom is 0.397 e. The zero-order valence-corrected chi connectivity index (χ0v) is 30.9. The Morgan fingerprint density at radius 3 is 1.46 bits per heavy atom. The highest BCUT2D eigenvalue weighted by molar-refractivity contribution is 7.81. The molecule has 0 amide bonds. The fraction of sp³-hybridized carbons (Fsp3) is 0.958. The second kappa shape index (κ2) is 18.6. The number of hydrogen-bond donors (Lipinski definition) is 13. The van der Waals surface area contributed by atoms with Gasteiger partial charge in [-0.15, -0.1) is 0 Å². The predicted octanol–water partition coefficient (Wildman–Crippen LogP) is -9.15. The lowest BCUT2D eigenvalue weighted by Crippen LogP contribution is -2.67. The third kappa shape index (κ3) is 12.1. The molecule has 4 saturated heterocycles. The first kappa shape index (κ1) is 48.1. The molecular weight excluding hydrogens is 864 g/mol. The molecule has 334 valence electrons. The van der Waals surface area contributed by atoms with Crippen LogP contribution in [0.1, 0.15) is 6.92 Å². The Morgan fingerprint density at radius 2 is 0.930 bits per heavy atom. The van der Waals surface area contributed by atoms with Crippen LogP contribution in [-0.4, -0.2) is 232 Å². The van der Waals surface area contributed by atoms with Crippen molar-refractivity contribution in [2.24, 2.45) is 0 Å². The number of aliphatic hydroxyl groups excluding tert-OH is 9. The van der Waals surface area contributed by atoms with E-state index in [0.717, 1.165) is 6.92 Å². The van der Waals surface area contributed by atoms with Crippen molar-refractivity contribution in [3.05, 3.63) is 0 Å².